The van der Waals surface area contributed by atoms with Crippen LogP contribution in [0.3, 0.4) is 0 Å². The van der Waals surface area contributed by atoms with Gasteiger partial charge in [-0.25, -0.2) is 4.98 Å². The van der Waals surface area contributed by atoms with Crippen LogP contribution in [0.5, 0.6) is 0 Å². The van der Waals surface area contributed by atoms with Gasteiger partial charge in [0, 0.05) is 19.4 Å². The van der Waals surface area contributed by atoms with E-state index in [4.69, 9.17) is 9.15 Å². The molecule has 0 amide bonds. The van der Waals surface area contributed by atoms with Crippen LogP contribution in [-0.2, 0) is 17.6 Å². The van der Waals surface area contributed by atoms with Crippen LogP contribution in [0.25, 0.3) is 0 Å². The predicted octanol–water partition coefficient (Wildman–Crippen LogP) is 2.82. The standard InChI is InChI=1S/C15H28N2O2/c1-4-9-18-10-7-14-12-17-15(19-14)6-5-8-16-11-13(2)3/h12-13,16H,4-11H2,1-3H3. The van der Waals surface area contributed by atoms with Gasteiger partial charge in [0.1, 0.15) is 5.76 Å². The third kappa shape index (κ3) is 8.01. The fourth-order valence-corrected chi connectivity index (χ4v) is 1.75. The maximum Gasteiger partial charge on any atom is 0.194 e. The zero-order valence-corrected chi connectivity index (χ0v) is 12.6. The van der Waals surface area contributed by atoms with Crippen molar-refractivity contribution in [3.05, 3.63) is 17.8 Å². The molecule has 1 N–H and O–H groups in total. The highest BCUT2D eigenvalue weighted by Crippen LogP contribution is 2.06. The maximum atomic E-state index is 5.67. The summed E-state index contributed by atoms with van der Waals surface area (Å²) in [4.78, 5) is 4.30. The minimum atomic E-state index is 0.705. The van der Waals surface area contributed by atoms with Gasteiger partial charge < -0.3 is 14.5 Å². The largest absolute Gasteiger partial charge is 0.446 e. The van der Waals surface area contributed by atoms with Gasteiger partial charge in [-0.1, -0.05) is 20.8 Å². The van der Waals surface area contributed by atoms with Crippen molar-refractivity contribution in [1.29, 1.82) is 0 Å². The SMILES string of the molecule is CCCOCCc1cnc(CCCNCC(C)C)o1. The summed E-state index contributed by atoms with van der Waals surface area (Å²) in [5.74, 6) is 2.48. The molecule has 0 unspecified atom stereocenters. The minimum absolute atomic E-state index is 0.705. The molecular formula is C15H28N2O2. The number of rotatable bonds is 11. The van der Waals surface area contributed by atoms with E-state index in [9.17, 15) is 0 Å². The van der Waals surface area contributed by atoms with Gasteiger partial charge in [-0.15, -0.1) is 0 Å². The molecule has 0 saturated carbocycles. The Hall–Kier alpha value is -0.870. The van der Waals surface area contributed by atoms with Crippen molar-refractivity contribution in [2.24, 2.45) is 5.92 Å². The van der Waals surface area contributed by atoms with E-state index in [0.717, 1.165) is 63.6 Å². The molecule has 0 aliphatic carbocycles. The first kappa shape index (κ1) is 16.2. The third-order valence-electron chi connectivity index (χ3n) is 2.74. The summed E-state index contributed by atoms with van der Waals surface area (Å²) in [6.45, 7) is 10.2. The Bertz CT molecular complexity index is 324. The van der Waals surface area contributed by atoms with Crippen LogP contribution in [0.1, 0.15) is 45.3 Å². The smallest absolute Gasteiger partial charge is 0.194 e. The van der Waals surface area contributed by atoms with E-state index in [1.165, 1.54) is 0 Å². The van der Waals surface area contributed by atoms with E-state index in [1.807, 2.05) is 6.20 Å². The lowest BCUT2D eigenvalue weighted by molar-refractivity contribution is 0.134. The first-order valence-electron chi connectivity index (χ1n) is 7.44. The highest BCUT2D eigenvalue weighted by molar-refractivity contribution is 4.94. The molecule has 1 rings (SSSR count). The van der Waals surface area contributed by atoms with Crippen molar-refractivity contribution in [3.8, 4) is 0 Å². The number of aromatic nitrogens is 1. The number of hydrogen-bond donors (Lipinski definition) is 1. The summed E-state index contributed by atoms with van der Waals surface area (Å²) in [6.07, 6.45) is 5.68. The Kier molecular flexibility index (Phi) is 8.50. The third-order valence-corrected chi connectivity index (χ3v) is 2.74. The van der Waals surface area contributed by atoms with Gasteiger partial charge >= 0.3 is 0 Å². The maximum absolute atomic E-state index is 5.67. The number of aryl methyl sites for hydroxylation is 1. The topological polar surface area (TPSA) is 47.3 Å². The van der Waals surface area contributed by atoms with E-state index in [2.05, 4.69) is 31.1 Å². The fraction of sp³-hybridized carbons (Fsp3) is 0.800. The molecule has 0 aromatic carbocycles. The molecule has 1 heterocycles. The summed E-state index contributed by atoms with van der Waals surface area (Å²) in [7, 11) is 0. The van der Waals surface area contributed by atoms with Crippen molar-refractivity contribution in [2.75, 3.05) is 26.3 Å². The van der Waals surface area contributed by atoms with Gasteiger partial charge in [-0.05, 0) is 31.8 Å². The molecule has 0 fully saturated rings. The zero-order valence-electron chi connectivity index (χ0n) is 12.6. The summed E-state index contributed by atoms with van der Waals surface area (Å²) in [5.41, 5.74) is 0. The van der Waals surface area contributed by atoms with Crippen LogP contribution in [0, 0.1) is 5.92 Å². The first-order chi connectivity index (χ1) is 9.22. The Morgan fingerprint density at radius 3 is 2.89 bits per heavy atom. The molecule has 110 valence electrons. The second-order valence-corrected chi connectivity index (χ2v) is 5.28. The Morgan fingerprint density at radius 1 is 1.32 bits per heavy atom. The summed E-state index contributed by atoms with van der Waals surface area (Å²) < 4.78 is 11.1. The molecule has 0 atom stereocenters. The minimum Gasteiger partial charge on any atom is -0.446 e. The van der Waals surface area contributed by atoms with Gasteiger partial charge in [0.05, 0.1) is 12.8 Å². The average Bonchev–Trinajstić information content (AvgIpc) is 2.82. The Balaban J connectivity index is 2.09. The Labute approximate surface area is 116 Å². The zero-order chi connectivity index (χ0) is 13.9. The normalized spacial score (nSPS) is 11.4. The number of hydrogen-bond acceptors (Lipinski definition) is 4. The van der Waals surface area contributed by atoms with Crippen molar-refractivity contribution in [3.63, 3.8) is 0 Å². The molecule has 4 nitrogen and oxygen atoms in total. The molecule has 1 aromatic heterocycles. The first-order valence-corrected chi connectivity index (χ1v) is 7.44. The van der Waals surface area contributed by atoms with Crippen molar-refractivity contribution in [2.45, 2.75) is 46.5 Å². The molecule has 0 aliphatic heterocycles. The monoisotopic (exact) mass is 268 g/mol. The lowest BCUT2D eigenvalue weighted by Gasteiger charge is -2.05. The molecule has 4 heteroatoms. The van der Waals surface area contributed by atoms with Gasteiger partial charge in [-0.2, -0.15) is 0 Å². The van der Waals surface area contributed by atoms with Gasteiger partial charge in [-0.3, -0.25) is 0 Å². The second-order valence-electron chi connectivity index (χ2n) is 5.28. The highest BCUT2D eigenvalue weighted by atomic mass is 16.5. The summed E-state index contributed by atoms with van der Waals surface area (Å²) in [5, 5.41) is 3.42. The second kappa shape index (κ2) is 9.98. The molecule has 0 aliphatic rings. The van der Waals surface area contributed by atoms with Crippen LogP contribution in [0.4, 0.5) is 0 Å². The Morgan fingerprint density at radius 2 is 2.16 bits per heavy atom. The highest BCUT2D eigenvalue weighted by Gasteiger charge is 2.04. The van der Waals surface area contributed by atoms with Crippen LogP contribution in [0.15, 0.2) is 10.6 Å². The van der Waals surface area contributed by atoms with Crippen molar-refractivity contribution in [1.82, 2.24) is 10.3 Å². The molecule has 19 heavy (non-hydrogen) atoms. The van der Waals surface area contributed by atoms with Crippen molar-refractivity contribution >= 4 is 0 Å². The number of nitrogens with zero attached hydrogens (tertiary/aromatic N) is 1. The van der Waals surface area contributed by atoms with Crippen LogP contribution < -0.4 is 5.32 Å². The predicted molar refractivity (Wildman–Crippen MR) is 77.3 cm³/mol. The van der Waals surface area contributed by atoms with E-state index < -0.39 is 0 Å². The van der Waals surface area contributed by atoms with Crippen LogP contribution in [0.2, 0.25) is 0 Å². The lowest BCUT2D eigenvalue weighted by atomic mass is 10.2. The number of nitrogens with one attached hydrogen (secondary N) is 1. The number of oxazole rings is 1. The molecule has 0 radical (unpaired) electrons. The summed E-state index contributed by atoms with van der Waals surface area (Å²) >= 11 is 0. The molecule has 0 bridgehead atoms. The van der Waals surface area contributed by atoms with Crippen molar-refractivity contribution < 1.29 is 9.15 Å². The van der Waals surface area contributed by atoms with E-state index in [-0.39, 0.29) is 0 Å². The summed E-state index contributed by atoms with van der Waals surface area (Å²) in [6, 6.07) is 0. The molecular weight excluding hydrogens is 240 g/mol. The van der Waals surface area contributed by atoms with E-state index in [0.29, 0.717) is 5.92 Å². The average molecular weight is 268 g/mol. The van der Waals surface area contributed by atoms with Gasteiger partial charge in [0.15, 0.2) is 5.89 Å². The van der Waals surface area contributed by atoms with Gasteiger partial charge in [0.2, 0.25) is 0 Å². The van der Waals surface area contributed by atoms with Gasteiger partial charge in [0.25, 0.3) is 0 Å². The molecule has 0 saturated heterocycles. The van der Waals surface area contributed by atoms with Crippen LogP contribution >= 0.6 is 0 Å². The molecule has 1 aromatic rings. The quantitative estimate of drug-likeness (QED) is 0.627. The van der Waals surface area contributed by atoms with E-state index in [1.54, 1.807) is 0 Å². The number of ether oxygens (including phenoxy) is 1. The van der Waals surface area contributed by atoms with Crippen LogP contribution in [-0.4, -0.2) is 31.3 Å². The fourth-order valence-electron chi connectivity index (χ4n) is 1.75. The lowest BCUT2D eigenvalue weighted by Crippen LogP contribution is -2.21. The molecule has 0 spiro atoms. The van der Waals surface area contributed by atoms with E-state index >= 15 is 0 Å².